The number of aromatic nitrogens is 4. The molecule has 1 aliphatic heterocycles. The number of nitrogens with one attached hydrogen (secondary N) is 3. The lowest BCUT2D eigenvalue weighted by atomic mass is 9.98. The van der Waals surface area contributed by atoms with Crippen LogP contribution < -0.4 is 10.6 Å². The summed E-state index contributed by atoms with van der Waals surface area (Å²) in [5.41, 5.74) is 0.279. The van der Waals surface area contributed by atoms with Gasteiger partial charge in [-0.05, 0) is 61.8 Å². The highest BCUT2D eigenvalue weighted by Gasteiger charge is 2.32. The van der Waals surface area contributed by atoms with Crippen LogP contribution in [0.25, 0.3) is 22.6 Å². The van der Waals surface area contributed by atoms with E-state index >= 15 is 0 Å². The van der Waals surface area contributed by atoms with Gasteiger partial charge in [-0.2, -0.15) is 26.3 Å². The largest absolute Gasteiger partial charge is 0.416 e. The van der Waals surface area contributed by atoms with E-state index in [1.54, 1.807) is 18.2 Å². The van der Waals surface area contributed by atoms with Crippen molar-refractivity contribution in [3.05, 3.63) is 83.3 Å². The van der Waals surface area contributed by atoms with Crippen molar-refractivity contribution < 1.29 is 26.3 Å². The van der Waals surface area contributed by atoms with Gasteiger partial charge in [-0.15, -0.1) is 0 Å². The average molecular weight is 547 g/mol. The molecule has 204 valence electrons. The Labute approximate surface area is 219 Å². The third-order valence-corrected chi connectivity index (χ3v) is 6.53. The first-order valence-corrected chi connectivity index (χ1v) is 12.3. The molecule has 0 bridgehead atoms. The lowest BCUT2D eigenvalue weighted by Gasteiger charge is -2.20. The summed E-state index contributed by atoms with van der Waals surface area (Å²) in [4.78, 5) is 16.7. The van der Waals surface area contributed by atoms with Crippen LogP contribution in [-0.4, -0.2) is 33.0 Å². The van der Waals surface area contributed by atoms with Gasteiger partial charge in [-0.1, -0.05) is 24.3 Å². The SMILES string of the molecule is FC(F)(F)c1cccc(CNc2nccc(-c3[nH]c(C4CCNCC4)nc3-c3cccc(C(F)(F)F)c3)n2)c1. The van der Waals surface area contributed by atoms with Crippen molar-refractivity contribution in [1.82, 2.24) is 25.3 Å². The van der Waals surface area contributed by atoms with Gasteiger partial charge in [0.2, 0.25) is 5.95 Å². The Morgan fingerprint density at radius 3 is 2.26 bits per heavy atom. The second-order valence-corrected chi connectivity index (χ2v) is 9.27. The molecule has 1 saturated heterocycles. The van der Waals surface area contributed by atoms with Gasteiger partial charge in [0.15, 0.2) is 0 Å². The third-order valence-electron chi connectivity index (χ3n) is 6.53. The number of hydrogen-bond acceptors (Lipinski definition) is 5. The molecule has 1 aliphatic rings. The zero-order valence-electron chi connectivity index (χ0n) is 20.5. The van der Waals surface area contributed by atoms with Crippen molar-refractivity contribution in [3.63, 3.8) is 0 Å². The van der Waals surface area contributed by atoms with Crippen molar-refractivity contribution in [3.8, 4) is 22.6 Å². The van der Waals surface area contributed by atoms with Gasteiger partial charge in [-0.25, -0.2) is 15.0 Å². The van der Waals surface area contributed by atoms with Crippen LogP contribution >= 0.6 is 0 Å². The van der Waals surface area contributed by atoms with Crippen LogP contribution in [0.5, 0.6) is 0 Å². The van der Waals surface area contributed by atoms with Gasteiger partial charge in [-0.3, -0.25) is 0 Å². The van der Waals surface area contributed by atoms with Crippen LogP contribution in [0.3, 0.4) is 0 Å². The molecule has 39 heavy (non-hydrogen) atoms. The summed E-state index contributed by atoms with van der Waals surface area (Å²) in [5, 5.41) is 6.21. The van der Waals surface area contributed by atoms with E-state index in [2.05, 4.69) is 25.6 Å². The summed E-state index contributed by atoms with van der Waals surface area (Å²) in [6, 6.07) is 11.5. The summed E-state index contributed by atoms with van der Waals surface area (Å²) in [6.45, 7) is 1.64. The number of halogens is 6. The Hall–Kier alpha value is -3.93. The Morgan fingerprint density at radius 2 is 1.54 bits per heavy atom. The van der Waals surface area contributed by atoms with Crippen molar-refractivity contribution in [2.45, 2.75) is 37.7 Å². The van der Waals surface area contributed by atoms with Gasteiger partial charge in [0.1, 0.15) is 5.82 Å². The normalized spacial score (nSPS) is 14.9. The second kappa shape index (κ2) is 10.7. The number of nitrogens with zero attached hydrogens (tertiary/aromatic N) is 3. The number of anilines is 1. The van der Waals surface area contributed by atoms with E-state index in [-0.39, 0.29) is 24.0 Å². The number of aromatic amines is 1. The van der Waals surface area contributed by atoms with Crippen LogP contribution in [0.15, 0.2) is 60.8 Å². The summed E-state index contributed by atoms with van der Waals surface area (Å²) < 4.78 is 79.5. The van der Waals surface area contributed by atoms with Gasteiger partial charge in [0.05, 0.1) is 28.2 Å². The van der Waals surface area contributed by atoms with Gasteiger partial charge in [0.25, 0.3) is 0 Å². The van der Waals surface area contributed by atoms with Gasteiger partial charge in [0, 0.05) is 24.2 Å². The first kappa shape index (κ1) is 26.7. The minimum absolute atomic E-state index is 0.0388. The van der Waals surface area contributed by atoms with E-state index in [1.807, 2.05) is 0 Å². The average Bonchev–Trinajstić information content (AvgIpc) is 3.38. The second-order valence-electron chi connectivity index (χ2n) is 9.27. The van der Waals surface area contributed by atoms with E-state index in [1.165, 1.54) is 18.3 Å². The summed E-state index contributed by atoms with van der Waals surface area (Å²) in [7, 11) is 0. The molecule has 1 fully saturated rings. The quantitative estimate of drug-likeness (QED) is 0.236. The molecule has 0 spiro atoms. The molecule has 0 atom stereocenters. The Balaban J connectivity index is 1.48. The molecule has 0 amide bonds. The molecule has 0 aliphatic carbocycles. The number of rotatable bonds is 6. The van der Waals surface area contributed by atoms with Crippen LogP contribution in [0, 0.1) is 0 Å². The lowest BCUT2D eigenvalue weighted by molar-refractivity contribution is -0.138. The maximum absolute atomic E-state index is 13.4. The smallest absolute Gasteiger partial charge is 0.350 e. The maximum Gasteiger partial charge on any atom is 0.416 e. The fourth-order valence-electron chi connectivity index (χ4n) is 4.54. The van der Waals surface area contributed by atoms with Gasteiger partial charge >= 0.3 is 12.4 Å². The van der Waals surface area contributed by atoms with Crippen LogP contribution in [0.2, 0.25) is 0 Å². The minimum Gasteiger partial charge on any atom is -0.350 e. The molecule has 3 heterocycles. The Kier molecular flexibility index (Phi) is 7.30. The molecule has 3 N–H and O–H groups in total. The summed E-state index contributed by atoms with van der Waals surface area (Å²) in [5.74, 6) is 0.916. The van der Waals surface area contributed by atoms with Crippen LogP contribution in [0.4, 0.5) is 32.3 Å². The fraction of sp³-hybridized carbons (Fsp3) is 0.296. The van der Waals surface area contributed by atoms with Gasteiger partial charge < -0.3 is 15.6 Å². The molecular weight excluding hydrogens is 522 g/mol. The molecule has 2 aromatic heterocycles. The predicted molar refractivity (Wildman–Crippen MR) is 134 cm³/mol. The van der Waals surface area contributed by atoms with Crippen molar-refractivity contribution >= 4 is 5.95 Å². The van der Waals surface area contributed by atoms with E-state index in [0.717, 1.165) is 50.2 Å². The molecule has 6 nitrogen and oxygen atoms in total. The van der Waals surface area contributed by atoms with Crippen LogP contribution in [-0.2, 0) is 18.9 Å². The molecule has 5 rings (SSSR count). The number of alkyl halides is 6. The zero-order valence-corrected chi connectivity index (χ0v) is 20.5. The summed E-state index contributed by atoms with van der Waals surface area (Å²) in [6.07, 6.45) is -5.86. The fourth-order valence-corrected chi connectivity index (χ4v) is 4.54. The van der Waals surface area contributed by atoms with E-state index in [9.17, 15) is 26.3 Å². The van der Waals surface area contributed by atoms with Crippen molar-refractivity contribution in [1.29, 1.82) is 0 Å². The topological polar surface area (TPSA) is 78.5 Å². The Bertz CT molecular complexity index is 1440. The maximum atomic E-state index is 13.4. The first-order chi connectivity index (χ1) is 18.6. The molecule has 2 aromatic carbocycles. The predicted octanol–water partition coefficient (Wildman–Crippen LogP) is 6.65. The molecule has 4 aromatic rings. The van der Waals surface area contributed by atoms with Crippen LogP contribution in [0.1, 0.15) is 41.3 Å². The van der Waals surface area contributed by atoms with Crippen molar-refractivity contribution in [2.24, 2.45) is 0 Å². The van der Waals surface area contributed by atoms with Crippen molar-refractivity contribution in [2.75, 3.05) is 18.4 Å². The van der Waals surface area contributed by atoms with E-state index in [0.29, 0.717) is 28.5 Å². The Morgan fingerprint density at radius 1 is 0.846 bits per heavy atom. The molecule has 12 heteroatoms. The highest BCUT2D eigenvalue weighted by Crippen LogP contribution is 2.37. The standard InChI is InChI=1S/C27H24F6N6/c28-26(29,30)19-5-1-3-16(13-19)15-36-25-35-12-9-21(37-25)23-22(18-4-2-6-20(14-18)27(31,32)33)38-24(39-23)17-7-10-34-11-8-17/h1-6,9,12-14,17,34H,7-8,10-11,15H2,(H,38,39)(H,35,36,37). The highest BCUT2D eigenvalue weighted by atomic mass is 19.4. The number of piperidine rings is 1. The highest BCUT2D eigenvalue weighted by molar-refractivity contribution is 5.77. The van der Waals surface area contributed by atoms with E-state index < -0.39 is 23.5 Å². The molecular formula is C27H24F6N6. The number of benzene rings is 2. The molecule has 0 radical (unpaired) electrons. The zero-order chi connectivity index (χ0) is 27.6. The minimum atomic E-state index is -4.51. The number of hydrogen-bond donors (Lipinski definition) is 3. The summed E-state index contributed by atoms with van der Waals surface area (Å²) >= 11 is 0. The molecule has 0 unspecified atom stereocenters. The monoisotopic (exact) mass is 546 g/mol. The van der Waals surface area contributed by atoms with E-state index in [4.69, 9.17) is 4.98 Å². The third kappa shape index (κ3) is 6.22. The lowest BCUT2D eigenvalue weighted by Crippen LogP contribution is -2.27. The number of H-pyrrole nitrogens is 1. The first-order valence-electron chi connectivity index (χ1n) is 12.3. The number of imidazole rings is 1. The molecule has 0 saturated carbocycles.